The van der Waals surface area contributed by atoms with Gasteiger partial charge in [0, 0.05) is 19.2 Å². The van der Waals surface area contributed by atoms with E-state index in [1.807, 2.05) is 13.0 Å². The van der Waals surface area contributed by atoms with Crippen LogP contribution in [0.15, 0.2) is 34.9 Å². The molecule has 1 aromatic heterocycles. The van der Waals surface area contributed by atoms with Crippen LogP contribution in [0.4, 0.5) is 0 Å². The molecule has 2 aromatic rings. The van der Waals surface area contributed by atoms with Crippen LogP contribution >= 0.6 is 0 Å². The Morgan fingerprint density at radius 3 is 2.82 bits per heavy atom. The van der Waals surface area contributed by atoms with Crippen LogP contribution in [0.25, 0.3) is 0 Å². The van der Waals surface area contributed by atoms with Gasteiger partial charge in [-0.3, -0.25) is 4.90 Å². The minimum Gasteiger partial charge on any atom is -0.391 e. The average Bonchev–Trinajstić information content (AvgIpc) is 2.89. The second-order valence-corrected chi connectivity index (χ2v) is 6.41. The normalized spacial score (nSPS) is 22.9. The van der Waals surface area contributed by atoms with E-state index in [1.54, 1.807) is 0 Å². The van der Waals surface area contributed by atoms with Crippen molar-refractivity contribution in [3.05, 3.63) is 52.9 Å². The van der Waals surface area contributed by atoms with E-state index in [0.29, 0.717) is 12.5 Å². The molecule has 1 aliphatic rings. The smallest absolute Gasteiger partial charge is 0.133 e. The van der Waals surface area contributed by atoms with Crippen LogP contribution in [0, 0.1) is 19.8 Å². The van der Waals surface area contributed by atoms with Gasteiger partial charge in [0.25, 0.3) is 0 Å². The molecule has 0 radical (unpaired) electrons. The molecule has 3 rings (SSSR count). The molecule has 118 valence electrons. The lowest BCUT2D eigenvalue weighted by molar-refractivity contribution is 0.0179. The molecule has 22 heavy (non-hydrogen) atoms. The topological polar surface area (TPSA) is 49.5 Å². The van der Waals surface area contributed by atoms with Crippen molar-refractivity contribution in [2.24, 2.45) is 5.92 Å². The minimum absolute atomic E-state index is 0.277. The fourth-order valence-corrected chi connectivity index (χ4v) is 3.27. The third kappa shape index (κ3) is 3.57. The predicted molar refractivity (Wildman–Crippen MR) is 85.5 cm³/mol. The Kier molecular flexibility index (Phi) is 4.60. The lowest BCUT2D eigenvalue weighted by atomic mass is 9.86. The summed E-state index contributed by atoms with van der Waals surface area (Å²) in [7, 11) is 0. The van der Waals surface area contributed by atoms with Crippen molar-refractivity contribution in [1.29, 1.82) is 0 Å². The molecule has 0 saturated carbocycles. The number of aryl methyl sites for hydroxylation is 2. The highest BCUT2D eigenvalue weighted by molar-refractivity contribution is 5.26. The van der Waals surface area contributed by atoms with Crippen molar-refractivity contribution in [2.75, 3.05) is 13.1 Å². The first-order valence-corrected chi connectivity index (χ1v) is 7.99. The van der Waals surface area contributed by atoms with Gasteiger partial charge in [0.1, 0.15) is 5.76 Å². The Balaban J connectivity index is 1.57. The molecular weight excluding hydrogens is 276 g/mol. The summed E-state index contributed by atoms with van der Waals surface area (Å²) in [5.41, 5.74) is 3.62. The van der Waals surface area contributed by atoms with Gasteiger partial charge >= 0.3 is 0 Å². The van der Waals surface area contributed by atoms with Crippen LogP contribution in [-0.2, 0) is 13.0 Å². The molecular formula is C18H24N2O2. The quantitative estimate of drug-likeness (QED) is 0.943. The van der Waals surface area contributed by atoms with Crippen LogP contribution in [0.5, 0.6) is 0 Å². The highest BCUT2D eigenvalue weighted by Gasteiger charge is 2.28. The maximum Gasteiger partial charge on any atom is 0.133 e. The maximum absolute atomic E-state index is 10.5. The number of aliphatic hydroxyl groups is 1. The highest BCUT2D eigenvalue weighted by Crippen LogP contribution is 2.24. The van der Waals surface area contributed by atoms with Crippen LogP contribution in [-0.4, -0.2) is 34.4 Å². The summed E-state index contributed by atoms with van der Waals surface area (Å²) in [6.07, 6.45) is 1.71. The van der Waals surface area contributed by atoms with Gasteiger partial charge in [-0.2, -0.15) is 0 Å². The molecule has 0 amide bonds. The Hall–Kier alpha value is -1.65. The highest BCUT2D eigenvalue weighted by atomic mass is 16.5. The van der Waals surface area contributed by atoms with E-state index in [-0.39, 0.29) is 6.10 Å². The zero-order valence-electron chi connectivity index (χ0n) is 13.3. The van der Waals surface area contributed by atoms with Crippen molar-refractivity contribution >= 4 is 0 Å². The molecule has 1 N–H and O–H groups in total. The number of β-amino-alcohol motifs (C(OH)–C–C–N with tert-alkyl or cyclic N) is 1. The second kappa shape index (κ2) is 6.63. The molecule has 1 fully saturated rings. The van der Waals surface area contributed by atoms with Gasteiger partial charge in [-0.15, -0.1) is 0 Å². The first-order chi connectivity index (χ1) is 10.6. The van der Waals surface area contributed by atoms with Crippen molar-refractivity contribution < 1.29 is 9.63 Å². The van der Waals surface area contributed by atoms with Crippen molar-refractivity contribution in [3.63, 3.8) is 0 Å². The Bertz CT molecular complexity index is 623. The zero-order valence-corrected chi connectivity index (χ0v) is 13.3. The maximum atomic E-state index is 10.5. The number of likely N-dealkylation sites (tertiary alicyclic amines) is 1. The largest absolute Gasteiger partial charge is 0.391 e. The molecule has 4 nitrogen and oxygen atoms in total. The third-order valence-corrected chi connectivity index (χ3v) is 4.61. The van der Waals surface area contributed by atoms with E-state index in [9.17, 15) is 5.11 Å². The van der Waals surface area contributed by atoms with E-state index in [2.05, 4.69) is 41.2 Å². The van der Waals surface area contributed by atoms with E-state index in [1.165, 1.54) is 11.1 Å². The third-order valence-electron chi connectivity index (χ3n) is 4.61. The number of nitrogens with zero attached hydrogens (tertiary/aromatic N) is 2. The number of rotatable bonds is 4. The first kappa shape index (κ1) is 15.3. The van der Waals surface area contributed by atoms with Crippen LogP contribution < -0.4 is 0 Å². The Labute approximate surface area is 131 Å². The number of aliphatic hydroxyl groups excluding tert-OH is 1. The summed E-state index contributed by atoms with van der Waals surface area (Å²) < 4.78 is 5.11. The van der Waals surface area contributed by atoms with Crippen LogP contribution in [0.2, 0.25) is 0 Å². The first-order valence-electron chi connectivity index (χ1n) is 7.99. The second-order valence-electron chi connectivity index (χ2n) is 6.41. The zero-order chi connectivity index (χ0) is 15.5. The van der Waals surface area contributed by atoms with Gasteiger partial charge < -0.3 is 9.63 Å². The molecule has 0 spiro atoms. The van der Waals surface area contributed by atoms with Gasteiger partial charge in [0.15, 0.2) is 0 Å². The lowest BCUT2D eigenvalue weighted by Crippen LogP contribution is -2.44. The molecule has 4 heteroatoms. The summed E-state index contributed by atoms with van der Waals surface area (Å²) in [6, 6.07) is 10.4. The molecule has 0 bridgehead atoms. The molecule has 2 atom stereocenters. The summed E-state index contributed by atoms with van der Waals surface area (Å²) >= 11 is 0. The number of aromatic nitrogens is 1. The molecule has 1 aromatic carbocycles. The van der Waals surface area contributed by atoms with E-state index in [0.717, 1.165) is 37.4 Å². The fourth-order valence-electron chi connectivity index (χ4n) is 3.27. The van der Waals surface area contributed by atoms with Crippen molar-refractivity contribution in [2.45, 2.75) is 39.3 Å². The minimum atomic E-state index is -0.277. The van der Waals surface area contributed by atoms with Crippen LogP contribution in [0.3, 0.4) is 0 Å². The average molecular weight is 300 g/mol. The van der Waals surface area contributed by atoms with Gasteiger partial charge in [-0.1, -0.05) is 29.4 Å². The number of benzene rings is 1. The van der Waals surface area contributed by atoms with Gasteiger partial charge in [-0.05, 0) is 50.3 Å². The monoisotopic (exact) mass is 300 g/mol. The van der Waals surface area contributed by atoms with E-state index >= 15 is 0 Å². The van der Waals surface area contributed by atoms with Gasteiger partial charge in [-0.25, -0.2) is 0 Å². The summed E-state index contributed by atoms with van der Waals surface area (Å²) in [6.45, 7) is 6.51. The molecule has 1 saturated heterocycles. The van der Waals surface area contributed by atoms with Gasteiger partial charge in [0.05, 0.1) is 11.8 Å². The summed E-state index contributed by atoms with van der Waals surface area (Å²) in [5.74, 6) is 1.18. The molecule has 1 aliphatic heterocycles. The predicted octanol–water partition coefficient (Wildman–Crippen LogP) is 2.72. The van der Waals surface area contributed by atoms with Crippen molar-refractivity contribution in [3.8, 4) is 0 Å². The lowest BCUT2D eigenvalue weighted by Gasteiger charge is -2.35. The summed E-state index contributed by atoms with van der Waals surface area (Å²) in [4.78, 5) is 2.26. The molecule has 2 heterocycles. The van der Waals surface area contributed by atoms with Gasteiger partial charge in [0.2, 0.25) is 0 Å². The van der Waals surface area contributed by atoms with Crippen LogP contribution in [0.1, 0.15) is 29.0 Å². The number of hydrogen-bond acceptors (Lipinski definition) is 4. The van der Waals surface area contributed by atoms with Crippen molar-refractivity contribution in [1.82, 2.24) is 10.1 Å². The SMILES string of the molecule is Cc1cc(CN2CC[C@H](Cc3ccccc3C)[C@@H](O)C2)no1. The fraction of sp³-hybridized carbons (Fsp3) is 0.500. The molecule has 0 aliphatic carbocycles. The Morgan fingerprint density at radius 1 is 1.32 bits per heavy atom. The number of piperidine rings is 1. The summed E-state index contributed by atoms with van der Waals surface area (Å²) in [5, 5.41) is 14.5. The van der Waals surface area contributed by atoms with E-state index < -0.39 is 0 Å². The molecule has 0 unspecified atom stereocenters. The standard InChI is InChI=1S/C18H24N2O2/c1-13-5-3-4-6-15(13)10-16-7-8-20(12-18(16)21)11-17-9-14(2)22-19-17/h3-6,9,16,18,21H,7-8,10-12H2,1-2H3/t16-,18+/m1/s1. The Morgan fingerprint density at radius 2 is 2.14 bits per heavy atom. The number of hydrogen-bond donors (Lipinski definition) is 1. The van der Waals surface area contributed by atoms with E-state index in [4.69, 9.17) is 4.52 Å².